The third-order valence-electron chi connectivity index (χ3n) is 4.83. The van der Waals surface area contributed by atoms with Crippen LogP contribution in [0.2, 0.25) is 0 Å². The fourth-order valence-electron chi connectivity index (χ4n) is 3.28. The van der Waals surface area contributed by atoms with E-state index in [9.17, 15) is 9.59 Å². The van der Waals surface area contributed by atoms with Gasteiger partial charge in [0.05, 0.1) is 5.25 Å². The molecule has 0 saturated heterocycles. The number of aromatic nitrogens is 2. The van der Waals surface area contributed by atoms with Gasteiger partial charge in [-0.05, 0) is 31.2 Å². The minimum absolute atomic E-state index is 0.139. The van der Waals surface area contributed by atoms with Crippen molar-refractivity contribution < 1.29 is 9.59 Å². The fourth-order valence-corrected chi connectivity index (χ4v) is 4.17. The summed E-state index contributed by atoms with van der Waals surface area (Å²) in [6.45, 7) is 3.29. The number of benzene rings is 3. The van der Waals surface area contributed by atoms with Crippen LogP contribution in [-0.4, -0.2) is 27.3 Å². The number of thioether (sulfide) groups is 1. The second-order valence-electron chi connectivity index (χ2n) is 7.27. The Hall–Kier alpha value is -3.71. The largest absolute Gasteiger partial charge is 0.326 e. The molecule has 3 aromatic carbocycles. The lowest BCUT2D eigenvalue weighted by Gasteiger charge is -2.14. The topological polar surface area (TPSA) is 84.0 Å². The Bertz CT molecular complexity index is 1260. The molecule has 1 aromatic heterocycles. The van der Waals surface area contributed by atoms with Gasteiger partial charge >= 0.3 is 0 Å². The molecule has 0 fully saturated rings. The van der Waals surface area contributed by atoms with Crippen LogP contribution in [0.5, 0.6) is 0 Å². The van der Waals surface area contributed by atoms with Crippen molar-refractivity contribution in [1.82, 2.24) is 10.2 Å². The number of fused-ring (bicyclic) bond motifs is 1. The van der Waals surface area contributed by atoms with Crippen LogP contribution in [-0.2, 0) is 9.59 Å². The summed E-state index contributed by atoms with van der Waals surface area (Å²) in [6, 6.07) is 24.9. The Morgan fingerprint density at radius 1 is 0.781 bits per heavy atom. The van der Waals surface area contributed by atoms with Gasteiger partial charge < -0.3 is 10.6 Å². The van der Waals surface area contributed by atoms with Crippen LogP contribution in [0, 0.1) is 0 Å². The Morgan fingerprint density at radius 3 is 2.03 bits per heavy atom. The monoisotopic (exact) mass is 442 g/mol. The van der Waals surface area contributed by atoms with Gasteiger partial charge in [-0.1, -0.05) is 66.4 Å². The molecule has 0 spiro atoms. The quantitative estimate of drug-likeness (QED) is 0.392. The first-order valence-electron chi connectivity index (χ1n) is 10.2. The lowest BCUT2D eigenvalue weighted by atomic mass is 10.1. The molecule has 1 heterocycles. The van der Waals surface area contributed by atoms with E-state index >= 15 is 0 Å². The standard InChI is InChI=1S/C25H22N4O2S/c1-16(24(31)27-20-14-12-19(13-15-20)26-17(2)30)32-25-22-11-7-6-10-21(22)23(28-29-25)18-8-4-3-5-9-18/h3-16H,1-2H3,(H,26,30)(H,27,31)/t16-/m0/s1. The predicted molar refractivity (Wildman–Crippen MR) is 130 cm³/mol. The molecule has 4 aromatic rings. The molecule has 0 saturated carbocycles. The molecule has 1 atom stereocenters. The van der Waals surface area contributed by atoms with Crippen LogP contribution >= 0.6 is 11.8 Å². The first-order chi connectivity index (χ1) is 15.5. The predicted octanol–water partition coefficient (Wildman–Crippen LogP) is 5.37. The lowest BCUT2D eigenvalue weighted by molar-refractivity contribution is -0.115. The number of nitrogens with zero attached hydrogens (tertiary/aromatic N) is 2. The number of nitrogens with one attached hydrogen (secondary N) is 2. The van der Waals surface area contributed by atoms with E-state index in [0.29, 0.717) is 16.4 Å². The third kappa shape index (κ3) is 4.95. The number of rotatable bonds is 6. The first kappa shape index (κ1) is 21.5. The summed E-state index contributed by atoms with van der Waals surface area (Å²) in [5.41, 5.74) is 3.16. The molecule has 0 aliphatic carbocycles. The summed E-state index contributed by atoms with van der Waals surface area (Å²) in [5, 5.41) is 16.8. The van der Waals surface area contributed by atoms with Gasteiger partial charge in [0.15, 0.2) is 0 Å². The highest BCUT2D eigenvalue weighted by Crippen LogP contribution is 2.33. The highest BCUT2D eigenvalue weighted by molar-refractivity contribution is 8.00. The van der Waals surface area contributed by atoms with Gasteiger partial charge in [-0.15, -0.1) is 10.2 Å². The lowest BCUT2D eigenvalue weighted by Crippen LogP contribution is -2.22. The van der Waals surface area contributed by atoms with E-state index in [0.717, 1.165) is 22.0 Å². The number of hydrogen-bond donors (Lipinski definition) is 2. The summed E-state index contributed by atoms with van der Waals surface area (Å²) >= 11 is 1.37. The van der Waals surface area contributed by atoms with Crippen LogP contribution in [0.3, 0.4) is 0 Å². The van der Waals surface area contributed by atoms with Crippen molar-refractivity contribution in [2.75, 3.05) is 10.6 Å². The van der Waals surface area contributed by atoms with E-state index in [1.807, 2.05) is 61.5 Å². The SMILES string of the molecule is CC(=O)Nc1ccc(NC(=O)[C@H](C)Sc2nnc(-c3ccccc3)c3ccccc23)cc1. The molecule has 160 valence electrons. The molecule has 4 rings (SSSR count). The van der Waals surface area contributed by atoms with Crippen LogP contribution < -0.4 is 10.6 Å². The van der Waals surface area contributed by atoms with Crippen molar-refractivity contribution in [3.8, 4) is 11.3 Å². The molecule has 0 bridgehead atoms. The molecule has 32 heavy (non-hydrogen) atoms. The number of amides is 2. The van der Waals surface area contributed by atoms with Gasteiger partial charge in [0.25, 0.3) is 0 Å². The molecule has 6 nitrogen and oxygen atoms in total. The normalized spacial score (nSPS) is 11.7. The molecule has 0 aliphatic heterocycles. The van der Waals surface area contributed by atoms with E-state index < -0.39 is 0 Å². The maximum absolute atomic E-state index is 12.8. The zero-order chi connectivity index (χ0) is 22.5. The van der Waals surface area contributed by atoms with Crippen molar-refractivity contribution in [2.24, 2.45) is 0 Å². The van der Waals surface area contributed by atoms with Gasteiger partial charge in [0.2, 0.25) is 11.8 Å². The summed E-state index contributed by atoms with van der Waals surface area (Å²) < 4.78 is 0. The molecule has 0 unspecified atom stereocenters. The van der Waals surface area contributed by atoms with Gasteiger partial charge in [0, 0.05) is 34.6 Å². The van der Waals surface area contributed by atoms with Crippen molar-refractivity contribution in [3.05, 3.63) is 78.9 Å². The van der Waals surface area contributed by atoms with Crippen LogP contribution in [0.25, 0.3) is 22.0 Å². The van der Waals surface area contributed by atoms with Crippen LogP contribution in [0.4, 0.5) is 11.4 Å². The van der Waals surface area contributed by atoms with Crippen molar-refractivity contribution >= 4 is 45.7 Å². The Labute approximate surface area is 190 Å². The smallest absolute Gasteiger partial charge is 0.237 e. The second-order valence-corrected chi connectivity index (χ2v) is 8.60. The van der Waals surface area contributed by atoms with E-state index in [1.165, 1.54) is 18.7 Å². The van der Waals surface area contributed by atoms with Gasteiger partial charge in [0.1, 0.15) is 10.7 Å². The second kappa shape index (κ2) is 9.62. The first-order valence-corrected chi connectivity index (χ1v) is 11.1. The van der Waals surface area contributed by atoms with Crippen LogP contribution in [0.1, 0.15) is 13.8 Å². The molecule has 2 N–H and O–H groups in total. The number of anilines is 2. The summed E-state index contributed by atoms with van der Waals surface area (Å²) in [6.07, 6.45) is 0. The molecule has 7 heteroatoms. The summed E-state index contributed by atoms with van der Waals surface area (Å²) in [5.74, 6) is -0.279. The number of carbonyl (C=O) groups is 2. The van der Waals surface area contributed by atoms with Gasteiger partial charge in [-0.2, -0.15) is 0 Å². The number of hydrogen-bond acceptors (Lipinski definition) is 5. The zero-order valence-corrected chi connectivity index (χ0v) is 18.5. The average Bonchev–Trinajstić information content (AvgIpc) is 2.80. The van der Waals surface area contributed by atoms with Crippen LogP contribution in [0.15, 0.2) is 83.9 Å². The summed E-state index contributed by atoms with van der Waals surface area (Å²) in [7, 11) is 0. The van der Waals surface area contributed by atoms with E-state index in [2.05, 4.69) is 20.8 Å². The minimum Gasteiger partial charge on any atom is -0.326 e. The molecular formula is C25H22N4O2S. The maximum Gasteiger partial charge on any atom is 0.237 e. The van der Waals surface area contributed by atoms with Gasteiger partial charge in [-0.25, -0.2) is 0 Å². The fraction of sp³-hybridized carbons (Fsp3) is 0.120. The summed E-state index contributed by atoms with van der Waals surface area (Å²) in [4.78, 5) is 23.9. The van der Waals surface area contributed by atoms with Gasteiger partial charge in [-0.3, -0.25) is 9.59 Å². The molecular weight excluding hydrogens is 420 g/mol. The third-order valence-corrected chi connectivity index (χ3v) is 5.92. The number of carbonyl (C=O) groups excluding carboxylic acids is 2. The van der Waals surface area contributed by atoms with E-state index in [-0.39, 0.29) is 17.1 Å². The molecule has 0 radical (unpaired) electrons. The van der Waals surface area contributed by atoms with Crippen molar-refractivity contribution in [2.45, 2.75) is 24.1 Å². The highest BCUT2D eigenvalue weighted by atomic mass is 32.2. The van der Waals surface area contributed by atoms with Crippen molar-refractivity contribution in [1.29, 1.82) is 0 Å². The maximum atomic E-state index is 12.8. The highest BCUT2D eigenvalue weighted by Gasteiger charge is 2.19. The Morgan fingerprint density at radius 2 is 1.38 bits per heavy atom. The van der Waals surface area contributed by atoms with E-state index in [1.54, 1.807) is 24.3 Å². The molecule has 2 amide bonds. The Kier molecular flexibility index (Phi) is 6.47. The van der Waals surface area contributed by atoms with E-state index in [4.69, 9.17) is 0 Å². The molecule has 0 aliphatic rings. The minimum atomic E-state index is -0.384. The Balaban J connectivity index is 1.52. The van der Waals surface area contributed by atoms with Crippen molar-refractivity contribution in [3.63, 3.8) is 0 Å². The zero-order valence-electron chi connectivity index (χ0n) is 17.7. The average molecular weight is 443 g/mol.